The van der Waals surface area contributed by atoms with Crippen molar-refractivity contribution in [2.24, 2.45) is 5.41 Å². The standard InChI is InChI=1S/C24H36O6/c1-17(2)15-21(26)29-19-10-14-23(5,12-6-11-22(3,4)27)13-9-18(16-25)7-8-20-24(19,28)30-20/h6,9-11,14-15,19-20,25,27-28H,7-8,12-13,16H2,1-5H3/b11-6+,14-10+,18-9+/t19-,20-,23+,24+/m1/s1. The maximum Gasteiger partial charge on any atom is 0.331 e. The molecule has 0 saturated carbocycles. The first-order valence-electron chi connectivity index (χ1n) is 10.5. The van der Waals surface area contributed by atoms with Gasteiger partial charge in [0.25, 0.3) is 0 Å². The molecular formula is C24H36O6. The van der Waals surface area contributed by atoms with Gasteiger partial charge in [-0.15, -0.1) is 0 Å². The van der Waals surface area contributed by atoms with Gasteiger partial charge in [0.1, 0.15) is 6.10 Å². The van der Waals surface area contributed by atoms with Crippen LogP contribution in [0.4, 0.5) is 0 Å². The average molecular weight is 421 g/mol. The third-order valence-electron chi connectivity index (χ3n) is 5.36. The summed E-state index contributed by atoms with van der Waals surface area (Å²) >= 11 is 0. The predicted molar refractivity (Wildman–Crippen MR) is 115 cm³/mol. The Morgan fingerprint density at radius 3 is 2.70 bits per heavy atom. The Kier molecular flexibility index (Phi) is 7.85. The minimum atomic E-state index is -1.56. The molecule has 0 aromatic rings. The van der Waals surface area contributed by atoms with Gasteiger partial charge in [-0.1, -0.05) is 36.8 Å². The van der Waals surface area contributed by atoms with Gasteiger partial charge in [-0.05, 0) is 70.4 Å². The zero-order chi connectivity index (χ0) is 22.6. The third kappa shape index (κ3) is 7.20. The SMILES string of the molecule is CC(C)=CC(=O)O[C@@H]1/C=C/[C@@](C)(C/C=C/C(C)(C)O)C/C=C(/CO)CC[C@H]2O[C@@]12O. The Labute approximate surface area is 179 Å². The Balaban J connectivity index is 2.32. The molecule has 30 heavy (non-hydrogen) atoms. The van der Waals surface area contributed by atoms with Gasteiger partial charge in [-0.3, -0.25) is 0 Å². The van der Waals surface area contributed by atoms with Crippen LogP contribution in [0.5, 0.6) is 0 Å². The largest absolute Gasteiger partial charge is 0.449 e. The summed E-state index contributed by atoms with van der Waals surface area (Å²) in [6.45, 7) is 9.01. The van der Waals surface area contributed by atoms with E-state index in [1.807, 2.05) is 25.2 Å². The fourth-order valence-electron chi connectivity index (χ4n) is 3.46. The highest BCUT2D eigenvalue weighted by atomic mass is 16.8. The van der Waals surface area contributed by atoms with Crippen molar-refractivity contribution in [1.82, 2.24) is 0 Å². The number of aliphatic hydroxyl groups is 3. The fourth-order valence-corrected chi connectivity index (χ4v) is 3.46. The van der Waals surface area contributed by atoms with Gasteiger partial charge >= 0.3 is 5.97 Å². The smallest absolute Gasteiger partial charge is 0.331 e. The molecule has 1 fully saturated rings. The molecule has 0 radical (unpaired) electrons. The zero-order valence-electron chi connectivity index (χ0n) is 18.7. The second-order valence-electron chi connectivity index (χ2n) is 9.47. The summed E-state index contributed by atoms with van der Waals surface area (Å²) in [5.74, 6) is -2.09. The minimum absolute atomic E-state index is 0.0521. The average Bonchev–Trinajstić information content (AvgIpc) is 3.28. The van der Waals surface area contributed by atoms with Gasteiger partial charge in [0.2, 0.25) is 5.79 Å². The van der Waals surface area contributed by atoms with Crippen LogP contribution in [0.25, 0.3) is 0 Å². The second kappa shape index (κ2) is 9.60. The highest BCUT2D eigenvalue weighted by Gasteiger charge is 2.61. The van der Waals surface area contributed by atoms with Crippen molar-refractivity contribution in [2.45, 2.75) is 83.9 Å². The van der Waals surface area contributed by atoms with Crippen molar-refractivity contribution in [1.29, 1.82) is 0 Å². The molecule has 6 heteroatoms. The van der Waals surface area contributed by atoms with Crippen molar-refractivity contribution in [3.8, 4) is 0 Å². The van der Waals surface area contributed by atoms with Crippen LogP contribution < -0.4 is 0 Å². The normalized spacial score (nSPS) is 34.9. The topological polar surface area (TPSA) is 99.5 Å². The second-order valence-corrected chi connectivity index (χ2v) is 9.47. The maximum absolute atomic E-state index is 12.2. The number of hydrogen-bond acceptors (Lipinski definition) is 6. The van der Waals surface area contributed by atoms with Gasteiger partial charge < -0.3 is 24.8 Å². The quantitative estimate of drug-likeness (QED) is 0.264. The maximum atomic E-state index is 12.2. The first-order chi connectivity index (χ1) is 13.9. The fraction of sp³-hybridized carbons (Fsp3) is 0.625. The molecule has 0 aromatic carbocycles. The first-order valence-corrected chi connectivity index (χ1v) is 10.5. The van der Waals surface area contributed by atoms with E-state index in [9.17, 15) is 20.1 Å². The lowest BCUT2D eigenvalue weighted by atomic mass is 9.81. The molecule has 6 nitrogen and oxygen atoms in total. The Bertz CT molecular complexity index is 737. The van der Waals surface area contributed by atoms with Crippen LogP contribution in [0, 0.1) is 5.41 Å². The van der Waals surface area contributed by atoms with Crippen LogP contribution in [0.3, 0.4) is 0 Å². The first kappa shape index (κ1) is 24.5. The van der Waals surface area contributed by atoms with Gasteiger partial charge in [0.05, 0.1) is 12.2 Å². The molecule has 1 aliphatic carbocycles. The lowest BCUT2D eigenvalue weighted by molar-refractivity contribution is -0.153. The number of epoxide rings is 1. The van der Waals surface area contributed by atoms with Crippen LogP contribution in [0.2, 0.25) is 0 Å². The summed E-state index contributed by atoms with van der Waals surface area (Å²) in [5.41, 5.74) is 0.416. The predicted octanol–water partition coefficient (Wildman–Crippen LogP) is 3.33. The molecule has 0 bridgehead atoms. The highest BCUT2D eigenvalue weighted by molar-refractivity contribution is 5.83. The number of ether oxygens (including phenoxy) is 2. The van der Waals surface area contributed by atoms with Crippen molar-refractivity contribution in [2.75, 3.05) is 6.61 Å². The summed E-state index contributed by atoms with van der Waals surface area (Å²) < 4.78 is 11.1. The Morgan fingerprint density at radius 2 is 2.10 bits per heavy atom. The molecule has 1 aliphatic heterocycles. The zero-order valence-corrected chi connectivity index (χ0v) is 18.7. The lowest BCUT2D eigenvalue weighted by Crippen LogP contribution is -2.35. The number of carbonyl (C=O) groups is 1. The Morgan fingerprint density at radius 1 is 1.40 bits per heavy atom. The number of hydrogen-bond donors (Lipinski definition) is 3. The van der Waals surface area contributed by atoms with Crippen molar-refractivity contribution >= 4 is 5.97 Å². The molecule has 0 amide bonds. The van der Waals surface area contributed by atoms with E-state index >= 15 is 0 Å². The monoisotopic (exact) mass is 420 g/mol. The number of aliphatic hydroxyl groups excluding tert-OH is 1. The summed E-state index contributed by atoms with van der Waals surface area (Å²) in [6, 6.07) is 0. The molecule has 4 atom stereocenters. The molecule has 2 aliphatic rings. The summed E-state index contributed by atoms with van der Waals surface area (Å²) in [6.07, 6.45) is 11.7. The minimum Gasteiger partial charge on any atom is -0.449 e. The summed E-state index contributed by atoms with van der Waals surface area (Å²) in [7, 11) is 0. The molecule has 168 valence electrons. The van der Waals surface area contributed by atoms with Crippen LogP contribution in [0.15, 0.2) is 47.6 Å². The van der Waals surface area contributed by atoms with E-state index in [-0.39, 0.29) is 12.0 Å². The summed E-state index contributed by atoms with van der Waals surface area (Å²) in [5, 5.41) is 30.6. The third-order valence-corrected chi connectivity index (χ3v) is 5.36. The van der Waals surface area contributed by atoms with Crippen LogP contribution in [-0.2, 0) is 14.3 Å². The van der Waals surface area contributed by atoms with E-state index in [1.165, 1.54) is 6.08 Å². The van der Waals surface area contributed by atoms with Crippen LogP contribution in [0.1, 0.15) is 60.3 Å². The number of esters is 1. The lowest BCUT2D eigenvalue weighted by Gasteiger charge is -2.25. The summed E-state index contributed by atoms with van der Waals surface area (Å²) in [4.78, 5) is 12.2. The Hall–Kier alpha value is -1.73. The van der Waals surface area contributed by atoms with E-state index in [4.69, 9.17) is 9.47 Å². The van der Waals surface area contributed by atoms with Gasteiger partial charge in [0, 0.05) is 6.08 Å². The number of allylic oxidation sites excluding steroid dienone is 4. The van der Waals surface area contributed by atoms with Crippen molar-refractivity contribution in [3.05, 3.63) is 47.6 Å². The molecule has 1 saturated heterocycles. The van der Waals surface area contributed by atoms with Gasteiger partial charge in [-0.25, -0.2) is 4.79 Å². The van der Waals surface area contributed by atoms with Crippen LogP contribution in [-0.4, -0.2) is 51.5 Å². The van der Waals surface area contributed by atoms with Crippen molar-refractivity contribution in [3.63, 3.8) is 0 Å². The van der Waals surface area contributed by atoms with Gasteiger partial charge in [-0.2, -0.15) is 0 Å². The molecule has 0 aromatic heterocycles. The van der Waals surface area contributed by atoms with Gasteiger partial charge in [0.15, 0.2) is 6.10 Å². The molecule has 0 unspecified atom stereocenters. The van der Waals surface area contributed by atoms with E-state index < -0.39 is 29.6 Å². The molecule has 3 N–H and O–H groups in total. The highest BCUT2D eigenvalue weighted by Crippen LogP contribution is 2.44. The van der Waals surface area contributed by atoms with E-state index in [0.29, 0.717) is 25.7 Å². The van der Waals surface area contributed by atoms with E-state index in [1.54, 1.807) is 39.8 Å². The van der Waals surface area contributed by atoms with E-state index in [2.05, 4.69) is 0 Å². The molecular weight excluding hydrogens is 384 g/mol. The molecule has 0 spiro atoms. The molecule has 1 heterocycles. The number of carbonyl (C=O) groups excluding carboxylic acids is 1. The van der Waals surface area contributed by atoms with Crippen molar-refractivity contribution < 1.29 is 29.6 Å². The number of fused-ring (bicyclic) bond motifs is 1. The van der Waals surface area contributed by atoms with E-state index in [0.717, 1.165) is 11.1 Å². The number of rotatable bonds is 6. The molecule has 2 rings (SSSR count). The van der Waals surface area contributed by atoms with Crippen LogP contribution >= 0.6 is 0 Å².